The number of hydrogen-bond acceptors (Lipinski definition) is 16. The van der Waals surface area contributed by atoms with Gasteiger partial charge in [-0.3, -0.25) is 9.69 Å². The van der Waals surface area contributed by atoms with E-state index in [2.05, 4.69) is 21.8 Å². The standard InChI is InChI=1S/C15H15O22P5/c16-7-4-10(19)12-11(5-7)32-14(6-1-2-8(17)9(18)3-6)15(13(12)20)33-39(24,25)35-41(28,29)37-42(30,31)36-40(26,27)34-38(21,22)23/h1-5,16-19H,(H,24,25)(H,26,27)(H,28,29)(H,30,31)(H2,21,22,23). The number of aromatic hydroxyl groups is 4. The highest BCUT2D eigenvalue weighted by Crippen LogP contribution is 2.73. The number of fused-ring (bicyclic) bond motifs is 1. The van der Waals surface area contributed by atoms with E-state index >= 15 is 0 Å². The van der Waals surface area contributed by atoms with Crippen LogP contribution in [-0.2, 0) is 40.1 Å². The molecule has 0 fully saturated rings. The van der Waals surface area contributed by atoms with Gasteiger partial charge < -0.3 is 53.8 Å². The molecule has 42 heavy (non-hydrogen) atoms. The van der Waals surface area contributed by atoms with E-state index in [1.807, 2.05) is 0 Å². The smallest absolute Gasteiger partial charge is 0.508 e. The Morgan fingerprint density at radius 1 is 0.619 bits per heavy atom. The van der Waals surface area contributed by atoms with Crippen molar-refractivity contribution in [3.8, 4) is 40.1 Å². The van der Waals surface area contributed by atoms with Gasteiger partial charge in [0.05, 0.1) is 0 Å². The zero-order valence-electron chi connectivity index (χ0n) is 19.5. The predicted molar refractivity (Wildman–Crippen MR) is 131 cm³/mol. The third-order valence-electron chi connectivity index (χ3n) is 4.19. The lowest BCUT2D eigenvalue weighted by atomic mass is 10.1. The molecule has 0 radical (unpaired) electrons. The first kappa shape index (κ1) is 33.9. The fraction of sp³-hybridized carbons (Fsp3) is 0. The molecule has 1 aromatic heterocycles. The first-order chi connectivity index (χ1) is 18.9. The molecule has 4 unspecified atom stereocenters. The average molecular weight is 702 g/mol. The van der Waals surface area contributed by atoms with Gasteiger partial charge in [-0.1, -0.05) is 0 Å². The second-order valence-corrected chi connectivity index (χ2v) is 14.9. The third-order valence-corrected chi connectivity index (χ3v) is 11.2. The summed E-state index contributed by atoms with van der Waals surface area (Å²) in [5, 5.41) is 38.3. The minimum absolute atomic E-state index is 0.400. The van der Waals surface area contributed by atoms with Crippen molar-refractivity contribution in [3.05, 3.63) is 40.6 Å². The zero-order chi connectivity index (χ0) is 32.1. The molecule has 4 atom stereocenters. The van der Waals surface area contributed by atoms with Crippen LogP contribution in [0.2, 0.25) is 0 Å². The zero-order valence-corrected chi connectivity index (χ0v) is 24.0. The van der Waals surface area contributed by atoms with E-state index in [0.717, 1.165) is 24.3 Å². The SMILES string of the molecule is O=c1c(OP(=O)(O)OP(=O)(O)OP(=O)(O)OP(=O)(O)OP(=O)(O)O)c(-c2ccc(O)c(O)c2)oc2cc(O)cc(O)c12. The summed E-state index contributed by atoms with van der Waals surface area (Å²) in [5.41, 5.74) is -2.50. The highest BCUT2D eigenvalue weighted by molar-refractivity contribution is 7.71. The van der Waals surface area contributed by atoms with E-state index in [-0.39, 0.29) is 0 Å². The lowest BCUT2D eigenvalue weighted by Gasteiger charge is -2.20. The molecule has 27 heteroatoms. The first-order valence-electron chi connectivity index (χ1n) is 9.86. The molecule has 0 aliphatic rings. The summed E-state index contributed by atoms with van der Waals surface area (Å²) in [6.07, 6.45) is 0. The fourth-order valence-electron chi connectivity index (χ4n) is 2.91. The highest BCUT2D eigenvalue weighted by Gasteiger charge is 2.48. The van der Waals surface area contributed by atoms with Crippen LogP contribution in [0.5, 0.6) is 28.7 Å². The predicted octanol–water partition coefficient (Wildman–Crippen LogP) is 2.22. The van der Waals surface area contributed by atoms with Crippen LogP contribution in [0.3, 0.4) is 0 Å². The number of phenols is 4. The van der Waals surface area contributed by atoms with Gasteiger partial charge in [0.2, 0.25) is 11.2 Å². The van der Waals surface area contributed by atoms with Crippen LogP contribution >= 0.6 is 39.1 Å². The number of rotatable bonds is 11. The van der Waals surface area contributed by atoms with Crippen LogP contribution in [-0.4, -0.2) is 49.8 Å². The maximum Gasteiger partial charge on any atom is 0.536 e. The van der Waals surface area contributed by atoms with Crippen LogP contribution in [0.4, 0.5) is 0 Å². The Balaban J connectivity index is 2.03. The van der Waals surface area contributed by atoms with Gasteiger partial charge in [-0.05, 0) is 18.2 Å². The summed E-state index contributed by atoms with van der Waals surface area (Å²) in [5.74, 6) is -5.44. The van der Waals surface area contributed by atoms with Crippen molar-refractivity contribution in [2.75, 3.05) is 0 Å². The van der Waals surface area contributed by atoms with Crippen molar-refractivity contribution in [1.29, 1.82) is 0 Å². The Labute approximate surface area is 229 Å². The fourth-order valence-corrected chi connectivity index (χ4v) is 8.81. The molecule has 3 rings (SSSR count). The Morgan fingerprint density at radius 3 is 1.67 bits per heavy atom. The Hall–Kier alpha value is -2.60. The van der Waals surface area contributed by atoms with Crippen LogP contribution in [0.25, 0.3) is 22.3 Å². The summed E-state index contributed by atoms with van der Waals surface area (Å²) in [6, 6.07) is 3.95. The molecule has 0 aliphatic heterocycles. The topological polar surface area (TPSA) is 364 Å². The molecule has 22 nitrogen and oxygen atoms in total. The maximum atomic E-state index is 13.1. The number of phosphoric acid groups is 5. The molecule has 3 aromatic rings. The van der Waals surface area contributed by atoms with E-state index in [1.54, 1.807) is 0 Å². The van der Waals surface area contributed by atoms with Crippen molar-refractivity contribution in [1.82, 2.24) is 0 Å². The normalized spacial score (nSPS) is 18.0. The van der Waals surface area contributed by atoms with Gasteiger partial charge >= 0.3 is 39.1 Å². The molecule has 0 bridgehead atoms. The van der Waals surface area contributed by atoms with Crippen LogP contribution in [0.15, 0.2) is 39.5 Å². The Morgan fingerprint density at radius 2 is 1.14 bits per heavy atom. The van der Waals surface area contributed by atoms with Crippen molar-refractivity contribution in [3.63, 3.8) is 0 Å². The summed E-state index contributed by atoms with van der Waals surface area (Å²) in [6.45, 7) is 0. The summed E-state index contributed by atoms with van der Waals surface area (Å²) in [7, 11) is -31.1. The monoisotopic (exact) mass is 702 g/mol. The quantitative estimate of drug-likeness (QED) is 0.101. The van der Waals surface area contributed by atoms with Crippen molar-refractivity contribution >= 4 is 50.1 Å². The average Bonchev–Trinajstić information content (AvgIpc) is 2.72. The van der Waals surface area contributed by atoms with Gasteiger partial charge in [-0.15, -0.1) is 0 Å². The van der Waals surface area contributed by atoms with E-state index in [0.29, 0.717) is 6.07 Å². The third kappa shape index (κ3) is 8.72. The largest absolute Gasteiger partial charge is 0.536 e. The van der Waals surface area contributed by atoms with Gasteiger partial charge in [0, 0.05) is 17.7 Å². The molecular formula is C15H15O22P5. The highest BCUT2D eigenvalue weighted by atomic mass is 31.3. The molecule has 0 spiro atoms. The lowest BCUT2D eigenvalue weighted by Crippen LogP contribution is -2.10. The molecule has 10 N–H and O–H groups in total. The molecule has 232 valence electrons. The van der Waals surface area contributed by atoms with Gasteiger partial charge in [0.25, 0.3) is 0 Å². The summed E-state index contributed by atoms with van der Waals surface area (Å²) in [4.78, 5) is 68.3. The lowest BCUT2D eigenvalue weighted by molar-refractivity contribution is 0.188. The van der Waals surface area contributed by atoms with Gasteiger partial charge in [-0.25, -0.2) is 22.8 Å². The first-order valence-corrected chi connectivity index (χ1v) is 17.4. The van der Waals surface area contributed by atoms with Crippen molar-refractivity contribution in [2.24, 2.45) is 0 Å². The van der Waals surface area contributed by atoms with E-state index < -0.39 is 95.6 Å². The van der Waals surface area contributed by atoms with Crippen LogP contribution in [0, 0.1) is 0 Å². The number of benzene rings is 2. The summed E-state index contributed by atoms with van der Waals surface area (Å²) >= 11 is 0. The molecule has 0 amide bonds. The Bertz CT molecular complexity index is 1860. The minimum atomic E-state index is -6.44. The molecule has 2 aromatic carbocycles. The second-order valence-electron chi connectivity index (χ2n) is 7.41. The molecule has 0 aliphatic carbocycles. The van der Waals surface area contributed by atoms with E-state index in [4.69, 9.17) is 19.1 Å². The van der Waals surface area contributed by atoms with E-state index in [1.165, 1.54) is 0 Å². The number of hydrogen-bond donors (Lipinski definition) is 10. The molecule has 1 heterocycles. The van der Waals surface area contributed by atoms with Gasteiger partial charge in [-0.2, -0.15) is 17.2 Å². The molecule has 0 saturated heterocycles. The van der Waals surface area contributed by atoms with Gasteiger partial charge in [0.15, 0.2) is 17.3 Å². The molecule has 0 saturated carbocycles. The van der Waals surface area contributed by atoms with Crippen LogP contribution in [0.1, 0.15) is 0 Å². The van der Waals surface area contributed by atoms with Gasteiger partial charge in [0.1, 0.15) is 22.5 Å². The minimum Gasteiger partial charge on any atom is -0.508 e. The maximum absolute atomic E-state index is 13.1. The number of phenolic OH excluding ortho intramolecular Hbond substituents is 4. The Kier molecular flexibility index (Phi) is 9.27. The summed E-state index contributed by atoms with van der Waals surface area (Å²) < 4.78 is 82.2. The van der Waals surface area contributed by atoms with Crippen molar-refractivity contribution < 1.29 is 98.8 Å². The van der Waals surface area contributed by atoms with E-state index in [9.17, 15) is 62.7 Å². The van der Waals surface area contributed by atoms with Crippen molar-refractivity contribution in [2.45, 2.75) is 0 Å². The molecular weight excluding hydrogens is 687 g/mol. The second kappa shape index (κ2) is 11.5. The number of phosphoric ester groups is 1. The van der Waals surface area contributed by atoms with Crippen LogP contribution < -0.4 is 9.95 Å².